The molecule has 2 aromatic rings. The lowest BCUT2D eigenvalue weighted by molar-refractivity contribution is 0.118. The highest BCUT2D eigenvalue weighted by molar-refractivity contribution is 7.88. The molecule has 1 heterocycles. The Morgan fingerprint density at radius 1 is 1.12 bits per heavy atom. The fraction of sp³-hybridized carbons (Fsp3) is 0.368. The Hall–Kier alpha value is -1.80. The number of hydrogen-bond donors (Lipinski definition) is 2. The van der Waals surface area contributed by atoms with Gasteiger partial charge in [-0.2, -0.15) is 0 Å². The summed E-state index contributed by atoms with van der Waals surface area (Å²) in [5.41, 5.74) is 2.73. The second kappa shape index (κ2) is 7.44. The van der Waals surface area contributed by atoms with Crippen molar-refractivity contribution < 1.29 is 17.9 Å². The Morgan fingerprint density at radius 3 is 2.38 bits per heavy atom. The van der Waals surface area contributed by atoms with E-state index in [1.807, 2.05) is 30.3 Å². The zero-order chi connectivity index (χ0) is 18.9. The lowest BCUT2D eigenvalue weighted by Gasteiger charge is -2.47. The second-order valence-corrected chi connectivity index (χ2v) is 8.85. The first-order valence-corrected chi connectivity index (χ1v) is 10.3. The molecule has 1 fully saturated rings. The predicted molar refractivity (Wildman–Crippen MR) is 99.8 cm³/mol. The van der Waals surface area contributed by atoms with Crippen molar-refractivity contribution in [3.8, 4) is 11.1 Å². The van der Waals surface area contributed by atoms with Gasteiger partial charge in [-0.15, -0.1) is 0 Å². The zero-order valence-electron chi connectivity index (χ0n) is 14.8. The molecule has 1 aliphatic rings. The molecule has 0 spiro atoms. The Morgan fingerprint density at radius 2 is 1.81 bits per heavy atom. The Bertz CT molecular complexity index is 871. The standard InChI is InChI=1S/C19H23FN2O3S/c1-22(26(2,24)25)11-17-19(18(12-23)21-17)14-8-6-13(7-9-14)15-4-3-5-16(20)10-15/h3-10,17-19,21,23H,11-12H2,1-2H3/t17-,18+,19+/m0/s1. The summed E-state index contributed by atoms with van der Waals surface area (Å²) in [6.45, 7) is 0.320. The first-order chi connectivity index (χ1) is 12.3. The van der Waals surface area contributed by atoms with E-state index in [0.717, 1.165) is 16.7 Å². The number of hydrogen-bond acceptors (Lipinski definition) is 4. The largest absolute Gasteiger partial charge is 0.395 e. The van der Waals surface area contributed by atoms with Gasteiger partial charge in [0.25, 0.3) is 0 Å². The maximum Gasteiger partial charge on any atom is 0.211 e. The van der Waals surface area contributed by atoms with E-state index in [9.17, 15) is 17.9 Å². The number of nitrogens with zero attached hydrogens (tertiary/aromatic N) is 1. The van der Waals surface area contributed by atoms with Gasteiger partial charge in [0.05, 0.1) is 12.9 Å². The quantitative estimate of drug-likeness (QED) is 0.804. The van der Waals surface area contributed by atoms with E-state index in [-0.39, 0.29) is 30.4 Å². The first kappa shape index (κ1) is 19.0. The van der Waals surface area contributed by atoms with Gasteiger partial charge < -0.3 is 10.4 Å². The van der Waals surface area contributed by atoms with Gasteiger partial charge in [-0.25, -0.2) is 17.1 Å². The molecule has 5 nitrogen and oxygen atoms in total. The molecule has 1 aliphatic heterocycles. The van der Waals surface area contributed by atoms with Crippen LogP contribution in [0.4, 0.5) is 4.39 Å². The van der Waals surface area contributed by atoms with Crippen LogP contribution in [0.25, 0.3) is 11.1 Å². The average Bonchev–Trinajstić information content (AvgIpc) is 2.57. The van der Waals surface area contributed by atoms with Crippen molar-refractivity contribution in [2.45, 2.75) is 18.0 Å². The summed E-state index contributed by atoms with van der Waals surface area (Å²) >= 11 is 0. The molecule has 0 amide bonds. The van der Waals surface area contributed by atoms with Crippen molar-refractivity contribution >= 4 is 10.0 Å². The summed E-state index contributed by atoms with van der Waals surface area (Å²) in [6, 6.07) is 14.0. The minimum atomic E-state index is -3.26. The van der Waals surface area contributed by atoms with Crippen molar-refractivity contribution in [3.63, 3.8) is 0 Å². The molecule has 3 atom stereocenters. The monoisotopic (exact) mass is 378 g/mol. The van der Waals surface area contributed by atoms with Gasteiger partial charge in [0, 0.05) is 31.6 Å². The number of likely N-dealkylation sites (N-methyl/N-ethyl adjacent to an activating group) is 1. The zero-order valence-corrected chi connectivity index (χ0v) is 15.6. The molecule has 1 saturated heterocycles. The molecule has 0 aromatic heterocycles. The SMILES string of the molecule is CN(C[C@@H]1N[C@H](CO)[C@@H]1c1ccc(-c2cccc(F)c2)cc1)S(C)(=O)=O. The van der Waals surface area contributed by atoms with E-state index in [4.69, 9.17) is 0 Å². The summed E-state index contributed by atoms with van der Waals surface area (Å²) < 4.78 is 38.0. The third-order valence-corrected chi connectivity index (χ3v) is 6.25. The number of aliphatic hydroxyl groups excluding tert-OH is 1. The van der Waals surface area contributed by atoms with Crippen LogP contribution in [0.1, 0.15) is 11.5 Å². The number of halogens is 1. The fourth-order valence-corrected chi connectivity index (χ4v) is 3.85. The van der Waals surface area contributed by atoms with Gasteiger partial charge in [-0.3, -0.25) is 0 Å². The number of nitrogens with one attached hydrogen (secondary N) is 1. The minimum Gasteiger partial charge on any atom is -0.395 e. The average molecular weight is 378 g/mol. The van der Waals surface area contributed by atoms with Crippen LogP contribution in [0, 0.1) is 5.82 Å². The van der Waals surface area contributed by atoms with Crippen LogP contribution in [0.2, 0.25) is 0 Å². The van der Waals surface area contributed by atoms with Crippen LogP contribution in [0.3, 0.4) is 0 Å². The molecular formula is C19H23FN2O3S. The van der Waals surface area contributed by atoms with Crippen molar-refractivity contribution in [1.29, 1.82) is 0 Å². The molecule has 2 aromatic carbocycles. The summed E-state index contributed by atoms with van der Waals surface area (Å²) in [6.07, 6.45) is 1.18. The van der Waals surface area contributed by atoms with Crippen LogP contribution in [-0.2, 0) is 10.0 Å². The smallest absolute Gasteiger partial charge is 0.211 e. The molecule has 0 radical (unpaired) electrons. The third kappa shape index (κ3) is 3.96. The molecular weight excluding hydrogens is 355 g/mol. The van der Waals surface area contributed by atoms with Gasteiger partial charge in [-0.05, 0) is 28.8 Å². The van der Waals surface area contributed by atoms with Gasteiger partial charge >= 0.3 is 0 Å². The normalized spacial score (nSPS) is 23.0. The third-order valence-electron chi connectivity index (χ3n) is 4.97. The van der Waals surface area contributed by atoms with Crippen molar-refractivity contribution in [2.75, 3.05) is 26.5 Å². The van der Waals surface area contributed by atoms with Crippen LogP contribution in [0.15, 0.2) is 48.5 Å². The number of sulfonamides is 1. The van der Waals surface area contributed by atoms with Gasteiger partial charge in [-0.1, -0.05) is 36.4 Å². The molecule has 0 saturated carbocycles. The maximum atomic E-state index is 13.4. The summed E-state index contributed by atoms with van der Waals surface area (Å²) in [7, 11) is -1.71. The number of benzene rings is 2. The van der Waals surface area contributed by atoms with E-state index in [1.165, 1.54) is 22.7 Å². The minimum absolute atomic E-state index is 0.0184. The molecule has 7 heteroatoms. The van der Waals surface area contributed by atoms with E-state index >= 15 is 0 Å². The van der Waals surface area contributed by atoms with E-state index in [0.29, 0.717) is 6.54 Å². The van der Waals surface area contributed by atoms with Gasteiger partial charge in [0.2, 0.25) is 10.0 Å². The van der Waals surface area contributed by atoms with E-state index in [2.05, 4.69) is 5.32 Å². The molecule has 0 bridgehead atoms. The molecule has 0 aliphatic carbocycles. The lowest BCUT2D eigenvalue weighted by Crippen LogP contribution is -2.64. The Kier molecular flexibility index (Phi) is 5.43. The van der Waals surface area contributed by atoms with Crippen LogP contribution in [-0.4, -0.2) is 56.4 Å². The van der Waals surface area contributed by atoms with Crippen molar-refractivity contribution in [2.24, 2.45) is 0 Å². The summed E-state index contributed by atoms with van der Waals surface area (Å²) in [5, 5.41) is 12.8. The lowest BCUT2D eigenvalue weighted by atomic mass is 9.77. The topological polar surface area (TPSA) is 69.6 Å². The van der Waals surface area contributed by atoms with E-state index < -0.39 is 10.0 Å². The van der Waals surface area contributed by atoms with Crippen molar-refractivity contribution in [1.82, 2.24) is 9.62 Å². The predicted octanol–water partition coefficient (Wildman–Crippen LogP) is 1.80. The highest BCUT2D eigenvalue weighted by atomic mass is 32.2. The van der Waals surface area contributed by atoms with Crippen molar-refractivity contribution in [3.05, 3.63) is 59.9 Å². The Labute approximate surface area is 153 Å². The van der Waals surface area contributed by atoms with E-state index in [1.54, 1.807) is 13.1 Å². The molecule has 140 valence electrons. The fourth-order valence-electron chi connectivity index (χ4n) is 3.42. The van der Waals surface area contributed by atoms with Crippen LogP contribution >= 0.6 is 0 Å². The van der Waals surface area contributed by atoms with Crippen LogP contribution < -0.4 is 5.32 Å². The summed E-state index contributed by atoms with van der Waals surface area (Å²) in [4.78, 5) is 0. The van der Waals surface area contributed by atoms with Crippen LogP contribution in [0.5, 0.6) is 0 Å². The molecule has 0 unspecified atom stereocenters. The number of aliphatic hydroxyl groups is 1. The molecule has 26 heavy (non-hydrogen) atoms. The summed E-state index contributed by atoms with van der Waals surface area (Å²) in [5.74, 6) is -0.259. The number of rotatable bonds is 6. The molecule has 3 rings (SSSR count). The molecule has 2 N–H and O–H groups in total. The highest BCUT2D eigenvalue weighted by Gasteiger charge is 2.42. The highest BCUT2D eigenvalue weighted by Crippen LogP contribution is 2.34. The van der Waals surface area contributed by atoms with Gasteiger partial charge in [0.15, 0.2) is 0 Å². The maximum absolute atomic E-state index is 13.4. The van der Waals surface area contributed by atoms with Gasteiger partial charge in [0.1, 0.15) is 5.82 Å². The second-order valence-electron chi connectivity index (χ2n) is 6.76. The Balaban J connectivity index is 1.79. The first-order valence-electron chi connectivity index (χ1n) is 8.43.